The van der Waals surface area contributed by atoms with Crippen LogP contribution >= 0.6 is 0 Å². The average molecular weight is 220 g/mol. The Morgan fingerprint density at radius 2 is 1.75 bits per heavy atom. The van der Waals surface area contributed by atoms with Crippen molar-refractivity contribution in [3.63, 3.8) is 0 Å². The number of benzene rings is 1. The summed E-state index contributed by atoms with van der Waals surface area (Å²) >= 11 is 0. The third kappa shape index (κ3) is 4.23. The van der Waals surface area contributed by atoms with E-state index in [1.54, 1.807) is 0 Å². The minimum atomic E-state index is 0.704. The van der Waals surface area contributed by atoms with Crippen molar-refractivity contribution in [3.8, 4) is 0 Å². The minimum Gasteiger partial charge on any atom is -0.385 e. The van der Waals surface area contributed by atoms with Gasteiger partial charge in [0.15, 0.2) is 0 Å². The Balaban J connectivity index is 2.40. The fourth-order valence-corrected chi connectivity index (χ4v) is 1.77. The van der Waals surface area contributed by atoms with E-state index < -0.39 is 0 Å². The molecule has 1 rings (SSSR count). The zero-order valence-electron chi connectivity index (χ0n) is 10.7. The number of rotatable bonds is 7. The quantitative estimate of drug-likeness (QED) is 0.738. The zero-order chi connectivity index (χ0) is 11.8. The molecule has 90 valence electrons. The van der Waals surface area contributed by atoms with E-state index in [9.17, 15) is 0 Å². The smallest absolute Gasteiger partial charge is 0.0340 e. The molecule has 1 aromatic rings. The van der Waals surface area contributed by atoms with Gasteiger partial charge >= 0.3 is 0 Å². The van der Waals surface area contributed by atoms with Gasteiger partial charge in [-0.05, 0) is 43.6 Å². The molecule has 0 saturated heterocycles. The van der Waals surface area contributed by atoms with Crippen LogP contribution in [0.3, 0.4) is 0 Å². The predicted octanol–water partition coefficient (Wildman–Crippen LogP) is 2.91. The van der Waals surface area contributed by atoms with E-state index in [0.717, 1.165) is 19.5 Å². The van der Waals surface area contributed by atoms with Crippen molar-refractivity contribution in [2.45, 2.75) is 26.7 Å². The van der Waals surface area contributed by atoms with Crippen LogP contribution in [0.1, 0.15) is 25.8 Å². The SMILES string of the molecule is CCc1ccc(NCC(CC)CNC)cc1. The molecule has 0 spiro atoms. The second-order valence-electron chi connectivity index (χ2n) is 4.26. The fraction of sp³-hybridized carbons (Fsp3) is 0.571. The van der Waals surface area contributed by atoms with Gasteiger partial charge in [-0.1, -0.05) is 32.4 Å². The predicted molar refractivity (Wildman–Crippen MR) is 72.0 cm³/mol. The molecule has 0 aliphatic rings. The van der Waals surface area contributed by atoms with Gasteiger partial charge < -0.3 is 10.6 Å². The number of aryl methyl sites for hydroxylation is 1. The molecule has 0 fully saturated rings. The summed E-state index contributed by atoms with van der Waals surface area (Å²) in [6.45, 7) is 6.55. The van der Waals surface area contributed by atoms with Crippen LogP contribution in [0.4, 0.5) is 5.69 Å². The van der Waals surface area contributed by atoms with Crippen molar-refractivity contribution in [2.24, 2.45) is 5.92 Å². The van der Waals surface area contributed by atoms with Gasteiger partial charge in [0.1, 0.15) is 0 Å². The Bertz CT molecular complexity index is 279. The monoisotopic (exact) mass is 220 g/mol. The summed E-state index contributed by atoms with van der Waals surface area (Å²) in [5.74, 6) is 0.704. The largest absolute Gasteiger partial charge is 0.385 e. The third-order valence-electron chi connectivity index (χ3n) is 3.03. The van der Waals surface area contributed by atoms with Crippen molar-refractivity contribution >= 4 is 5.69 Å². The van der Waals surface area contributed by atoms with E-state index in [1.807, 2.05) is 7.05 Å². The van der Waals surface area contributed by atoms with Crippen LogP contribution in [-0.4, -0.2) is 20.1 Å². The van der Waals surface area contributed by atoms with Gasteiger partial charge in [-0.25, -0.2) is 0 Å². The van der Waals surface area contributed by atoms with E-state index in [-0.39, 0.29) is 0 Å². The number of nitrogens with one attached hydrogen (secondary N) is 2. The van der Waals surface area contributed by atoms with Crippen LogP contribution in [-0.2, 0) is 6.42 Å². The molecular weight excluding hydrogens is 196 g/mol. The summed E-state index contributed by atoms with van der Waals surface area (Å²) < 4.78 is 0. The highest BCUT2D eigenvalue weighted by Gasteiger charge is 2.04. The molecule has 0 heterocycles. The molecule has 2 nitrogen and oxygen atoms in total. The normalized spacial score (nSPS) is 12.4. The highest BCUT2D eigenvalue weighted by Crippen LogP contribution is 2.11. The van der Waals surface area contributed by atoms with E-state index in [0.29, 0.717) is 5.92 Å². The molecule has 0 saturated carbocycles. The van der Waals surface area contributed by atoms with Crippen molar-refractivity contribution in [3.05, 3.63) is 29.8 Å². The van der Waals surface area contributed by atoms with E-state index in [2.05, 4.69) is 48.7 Å². The summed E-state index contributed by atoms with van der Waals surface area (Å²) in [5, 5.41) is 6.73. The lowest BCUT2D eigenvalue weighted by atomic mass is 10.1. The maximum absolute atomic E-state index is 3.49. The van der Waals surface area contributed by atoms with Crippen molar-refractivity contribution in [1.82, 2.24) is 5.32 Å². The lowest BCUT2D eigenvalue weighted by Crippen LogP contribution is -2.24. The van der Waals surface area contributed by atoms with Crippen LogP contribution < -0.4 is 10.6 Å². The van der Waals surface area contributed by atoms with Crippen LogP contribution in [0, 0.1) is 5.92 Å². The second-order valence-corrected chi connectivity index (χ2v) is 4.26. The molecule has 1 atom stereocenters. The first-order valence-corrected chi connectivity index (χ1v) is 6.27. The van der Waals surface area contributed by atoms with E-state index in [1.165, 1.54) is 17.7 Å². The maximum Gasteiger partial charge on any atom is 0.0340 e. The first kappa shape index (κ1) is 13.0. The van der Waals surface area contributed by atoms with Gasteiger partial charge in [0.05, 0.1) is 0 Å². The van der Waals surface area contributed by atoms with Crippen LogP contribution in [0.5, 0.6) is 0 Å². The molecule has 0 aliphatic carbocycles. The fourth-order valence-electron chi connectivity index (χ4n) is 1.77. The lowest BCUT2D eigenvalue weighted by Gasteiger charge is -2.16. The molecule has 0 bridgehead atoms. The highest BCUT2D eigenvalue weighted by molar-refractivity contribution is 5.44. The molecule has 0 aliphatic heterocycles. The van der Waals surface area contributed by atoms with Crippen molar-refractivity contribution < 1.29 is 0 Å². The van der Waals surface area contributed by atoms with Gasteiger partial charge in [-0.3, -0.25) is 0 Å². The Labute approximate surface area is 99.5 Å². The first-order chi connectivity index (χ1) is 7.80. The average Bonchev–Trinajstić information content (AvgIpc) is 2.35. The molecule has 16 heavy (non-hydrogen) atoms. The molecule has 0 radical (unpaired) electrons. The van der Waals surface area contributed by atoms with Crippen LogP contribution in [0.25, 0.3) is 0 Å². The standard InChI is InChI=1S/C14H24N2/c1-4-12-6-8-14(9-7-12)16-11-13(5-2)10-15-3/h6-9,13,15-16H,4-5,10-11H2,1-3H3. The summed E-state index contributed by atoms with van der Waals surface area (Å²) in [6, 6.07) is 8.73. The molecule has 0 amide bonds. The maximum atomic E-state index is 3.49. The Kier molecular flexibility index (Phi) is 5.94. The van der Waals surface area contributed by atoms with Crippen LogP contribution in [0.2, 0.25) is 0 Å². The van der Waals surface area contributed by atoms with E-state index in [4.69, 9.17) is 0 Å². The molecule has 1 aromatic carbocycles. The molecule has 2 N–H and O–H groups in total. The Morgan fingerprint density at radius 3 is 2.25 bits per heavy atom. The van der Waals surface area contributed by atoms with Crippen LogP contribution in [0.15, 0.2) is 24.3 Å². The molecule has 1 unspecified atom stereocenters. The van der Waals surface area contributed by atoms with Gasteiger partial charge in [0.25, 0.3) is 0 Å². The summed E-state index contributed by atoms with van der Waals surface area (Å²) in [5.41, 5.74) is 2.62. The van der Waals surface area contributed by atoms with E-state index >= 15 is 0 Å². The molecule has 2 heteroatoms. The number of hydrogen-bond acceptors (Lipinski definition) is 2. The lowest BCUT2D eigenvalue weighted by molar-refractivity contribution is 0.506. The van der Waals surface area contributed by atoms with Gasteiger partial charge in [0, 0.05) is 12.2 Å². The van der Waals surface area contributed by atoms with Gasteiger partial charge in [-0.15, -0.1) is 0 Å². The highest BCUT2D eigenvalue weighted by atomic mass is 14.9. The third-order valence-corrected chi connectivity index (χ3v) is 3.03. The number of hydrogen-bond donors (Lipinski definition) is 2. The summed E-state index contributed by atoms with van der Waals surface area (Å²) in [4.78, 5) is 0. The summed E-state index contributed by atoms with van der Waals surface area (Å²) in [7, 11) is 2.01. The minimum absolute atomic E-state index is 0.704. The van der Waals surface area contributed by atoms with Crippen molar-refractivity contribution in [2.75, 3.05) is 25.5 Å². The molecule has 0 aromatic heterocycles. The topological polar surface area (TPSA) is 24.1 Å². The Hall–Kier alpha value is -1.02. The van der Waals surface area contributed by atoms with Gasteiger partial charge in [0.2, 0.25) is 0 Å². The molecular formula is C14H24N2. The summed E-state index contributed by atoms with van der Waals surface area (Å²) in [6.07, 6.45) is 2.32. The first-order valence-electron chi connectivity index (χ1n) is 6.27. The Morgan fingerprint density at radius 1 is 1.06 bits per heavy atom. The number of anilines is 1. The zero-order valence-corrected chi connectivity index (χ0v) is 10.7. The van der Waals surface area contributed by atoms with Gasteiger partial charge in [-0.2, -0.15) is 0 Å². The second kappa shape index (κ2) is 7.29. The van der Waals surface area contributed by atoms with Crippen molar-refractivity contribution in [1.29, 1.82) is 0 Å².